The molecule has 0 unspecified atom stereocenters. The van der Waals surface area contributed by atoms with Crippen LogP contribution in [-0.4, -0.2) is 46.1 Å². The number of nitrogen functional groups attached to an aromatic ring is 1. The Morgan fingerprint density at radius 2 is 1.94 bits per heavy atom. The van der Waals surface area contributed by atoms with E-state index in [1.807, 2.05) is 20.9 Å². The number of likely N-dealkylation sites (tertiary alicyclic amines) is 1. The van der Waals surface area contributed by atoms with Gasteiger partial charge < -0.3 is 15.4 Å². The van der Waals surface area contributed by atoms with Crippen molar-refractivity contribution in [3.05, 3.63) is 39.8 Å². The lowest BCUT2D eigenvalue weighted by Crippen LogP contribution is -2.31. The number of likely N-dealkylation sites (N-methyl/N-ethyl adjacent to an activating group) is 1. The SMILES string of the molecule is Cc1cc(N)nc(-c2c(Cl)cc3c(C(C)C)nc(OC[C@H]4CCCN4C)nc3c2F)c1C(F)(F)F. The van der Waals surface area contributed by atoms with Gasteiger partial charge in [0.15, 0.2) is 5.82 Å². The lowest BCUT2D eigenvalue weighted by molar-refractivity contribution is -0.137. The number of fused-ring (bicyclic) bond motifs is 1. The van der Waals surface area contributed by atoms with Gasteiger partial charge in [0.1, 0.15) is 17.9 Å². The van der Waals surface area contributed by atoms with Gasteiger partial charge in [-0.15, -0.1) is 0 Å². The van der Waals surface area contributed by atoms with E-state index in [9.17, 15) is 13.2 Å². The van der Waals surface area contributed by atoms with Gasteiger partial charge in [-0.05, 0) is 57.0 Å². The Morgan fingerprint density at radius 1 is 1.23 bits per heavy atom. The number of benzene rings is 1. The van der Waals surface area contributed by atoms with Crippen LogP contribution in [0.25, 0.3) is 22.2 Å². The average molecular weight is 512 g/mol. The van der Waals surface area contributed by atoms with Crippen molar-refractivity contribution in [2.45, 2.75) is 51.7 Å². The van der Waals surface area contributed by atoms with Crippen LogP contribution in [-0.2, 0) is 6.18 Å². The minimum atomic E-state index is -4.80. The molecule has 3 heterocycles. The minimum absolute atomic E-state index is 0.0403. The van der Waals surface area contributed by atoms with Crippen LogP contribution < -0.4 is 10.5 Å². The van der Waals surface area contributed by atoms with E-state index in [1.54, 1.807) is 0 Å². The number of nitrogens with two attached hydrogens (primary N) is 1. The van der Waals surface area contributed by atoms with Gasteiger partial charge in [0, 0.05) is 11.4 Å². The fraction of sp³-hybridized carbons (Fsp3) is 0.458. The molecule has 1 aromatic carbocycles. The molecule has 0 aliphatic carbocycles. The summed E-state index contributed by atoms with van der Waals surface area (Å²) in [5.74, 6) is -1.38. The maximum Gasteiger partial charge on any atom is 0.418 e. The lowest BCUT2D eigenvalue weighted by Gasteiger charge is -2.20. The van der Waals surface area contributed by atoms with E-state index in [4.69, 9.17) is 22.1 Å². The van der Waals surface area contributed by atoms with E-state index >= 15 is 4.39 Å². The molecule has 2 N–H and O–H groups in total. The summed E-state index contributed by atoms with van der Waals surface area (Å²) in [4.78, 5) is 14.7. The summed E-state index contributed by atoms with van der Waals surface area (Å²) in [6.07, 6.45) is -2.80. The summed E-state index contributed by atoms with van der Waals surface area (Å²) >= 11 is 6.37. The van der Waals surface area contributed by atoms with Crippen LogP contribution in [0.4, 0.5) is 23.4 Å². The Morgan fingerprint density at radius 3 is 2.54 bits per heavy atom. The predicted molar refractivity (Wildman–Crippen MR) is 127 cm³/mol. The molecule has 1 saturated heterocycles. The van der Waals surface area contributed by atoms with E-state index in [2.05, 4.69) is 19.9 Å². The molecule has 1 fully saturated rings. The molecule has 188 valence electrons. The van der Waals surface area contributed by atoms with Crippen molar-refractivity contribution < 1.29 is 22.3 Å². The molecule has 1 aliphatic rings. The first-order chi connectivity index (χ1) is 16.4. The zero-order chi connectivity index (χ0) is 25.7. The number of aromatic nitrogens is 3. The number of nitrogens with zero attached hydrogens (tertiary/aromatic N) is 4. The third-order valence-corrected chi connectivity index (χ3v) is 6.57. The number of halogens is 5. The Balaban J connectivity index is 1.92. The summed E-state index contributed by atoms with van der Waals surface area (Å²) in [5, 5.41) is 0.0514. The van der Waals surface area contributed by atoms with E-state index in [0.29, 0.717) is 17.7 Å². The highest BCUT2D eigenvalue weighted by molar-refractivity contribution is 6.34. The van der Waals surface area contributed by atoms with Crippen LogP contribution in [0.1, 0.15) is 49.4 Å². The van der Waals surface area contributed by atoms with Gasteiger partial charge in [0.25, 0.3) is 0 Å². The Labute approximate surface area is 205 Å². The molecule has 4 rings (SSSR count). The lowest BCUT2D eigenvalue weighted by atomic mass is 9.97. The molecule has 1 atom stereocenters. The molecular weight excluding hydrogens is 486 g/mol. The van der Waals surface area contributed by atoms with Crippen LogP contribution >= 0.6 is 11.6 Å². The van der Waals surface area contributed by atoms with E-state index < -0.39 is 28.8 Å². The maximum atomic E-state index is 16.0. The summed E-state index contributed by atoms with van der Waals surface area (Å²) in [6.45, 7) is 6.23. The Bertz CT molecular complexity index is 1280. The molecular formula is C24H26ClF4N5O. The third-order valence-electron chi connectivity index (χ3n) is 6.27. The number of hydrogen-bond acceptors (Lipinski definition) is 6. The number of aryl methyl sites for hydroxylation is 1. The van der Waals surface area contributed by atoms with Gasteiger partial charge in [-0.2, -0.15) is 23.1 Å². The number of alkyl halides is 3. The highest BCUT2D eigenvalue weighted by Crippen LogP contribution is 2.44. The second-order valence-corrected chi connectivity index (χ2v) is 9.57. The van der Waals surface area contributed by atoms with Crippen molar-refractivity contribution in [2.75, 3.05) is 25.9 Å². The van der Waals surface area contributed by atoms with Crippen LogP contribution in [0.15, 0.2) is 12.1 Å². The van der Waals surface area contributed by atoms with Crippen LogP contribution in [0.5, 0.6) is 6.01 Å². The zero-order valence-electron chi connectivity index (χ0n) is 19.8. The van der Waals surface area contributed by atoms with Crippen LogP contribution in [0, 0.1) is 12.7 Å². The monoisotopic (exact) mass is 511 g/mol. The van der Waals surface area contributed by atoms with Crippen molar-refractivity contribution in [1.29, 1.82) is 0 Å². The third kappa shape index (κ3) is 4.86. The molecule has 0 bridgehead atoms. The largest absolute Gasteiger partial charge is 0.462 e. The number of rotatable bonds is 5. The van der Waals surface area contributed by atoms with E-state index in [1.165, 1.54) is 13.0 Å². The topological polar surface area (TPSA) is 77.2 Å². The average Bonchev–Trinajstić information content (AvgIpc) is 3.15. The quantitative estimate of drug-likeness (QED) is 0.424. The molecule has 0 radical (unpaired) electrons. The second-order valence-electron chi connectivity index (χ2n) is 9.16. The number of pyridine rings is 1. The number of anilines is 1. The first kappa shape index (κ1) is 25.4. The predicted octanol–water partition coefficient (Wildman–Crippen LogP) is 5.99. The van der Waals surface area contributed by atoms with Gasteiger partial charge in [-0.1, -0.05) is 25.4 Å². The standard InChI is InChI=1S/C24H26ClF4N5O/c1-11(2)20-14-9-15(25)17(22-18(24(27,28)29)12(3)8-16(30)31-22)19(26)21(14)33-23(32-20)35-10-13-6-5-7-34(13)4/h8-9,11,13H,5-7,10H2,1-4H3,(H2,30,31)/t13-/m1/s1. The molecule has 3 aromatic rings. The van der Waals surface area contributed by atoms with Gasteiger partial charge in [0.2, 0.25) is 0 Å². The van der Waals surface area contributed by atoms with Gasteiger partial charge in [-0.3, -0.25) is 0 Å². The van der Waals surface area contributed by atoms with Gasteiger partial charge in [-0.25, -0.2) is 9.37 Å². The number of ether oxygens (including phenoxy) is 1. The summed E-state index contributed by atoms with van der Waals surface area (Å²) in [7, 11) is 1.99. The molecule has 35 heavy (non-hydrogen) atoms. The van der Waals surface area contributed by atoms with Gasteiger partial charge in [0.05, 0.1) is 27.5 Å². The highest BCUT2D eigenvalue weighted by atomic mass is 35.5. The van der Waals surface area contributed by atoms with Gasteiger partial charge >= 0.3 is 12.2 Å². The van der Waals surface area contributed by atoms with Crippen molar-refractivity contribution in [3.63, 3.8) is 0 Å². The summed E-state index contributed by atoms with van der Waals surface area (Å²) < 4.78 is 63.6. The molecule has 0 spiro atoms. The summed E-state index contributed by atoms with van der Waals surface area (Å²) in [6, 6.07) is 2.60. The highest BCUT2D eigenvalue weighted by Gasteiger charge is 2.38. The van der Waals surface area contributed by atoms with Crippen LogP contribution in [0.2, 0.25) is 5.02 Å². The van der Waals surface area contributed by atoms with Crippen molar-refractivity contribution in [2.24, 2.45) is 0 Å². The van der Waals surface area contributed by atoms with E-state index in [0.717, 1.165) is 25.5 Å². The molecule has 6 nitrogen and oxygen atoms in total. The van der Waals surface area contributed by atoms with Crippen molar-refractivity contribution in [1.82, 2.24) is 19.9 Å². The first-order valence-corrected chi connectivity index (χ1v) is 11.6. The molecule has 1 aliphatic heterocycles. The smallest absolute Gasteiger partial charge is 0.418 e. The Hall–Kier alpha value is -2.72. The van der Waals surface area contributed by atoms with Crippen molar-refractivity contribution in [3.8, 4) is 17.3 Å². The molecule has 0 saturated carbocycles. The van der Waals surface area contributed by atoms with Crippen molar-refractivity contribution >= 4 is 28.3 Å². The first-order valence-electron chi connectivity index (χ1n) is 11.3. The second kappa shape index (κ2) is 9.39. The number of hydrogen-bond donors (Lipinski definition) is 1. The fourth-order valence-corrected chi connectivity index (χ4v) is 4.80. The molecule has 11 heteroatoms. The maximum absolute atomic E-state index is 16.0. The fourth-order valence-electron chi connectivity index (χ4n) is 4.52. The molecule has 2 aromatic heterocycles. The normalized spacial score (nSPS) is 17.0. The molecule has 0 amide bonds. The Kier molecular flexibility index (Phi) is 6.80. The van der Waals surface area contributed by atoms with E-state index in [-0.39, 0.29) is 39.9 Å². The minimum Gasteiger partial charge on any atom is -0.462 e. The zero-order valence-corrected chi connectivity index (χ0v) is 20.6. The summed E-state index contributed by atoms with van der Waals surface area (Å²) in [5.41, 5.74) is 3.52. The van der Waals surface area contributed by atoms with Crippen LogP contribution in [0.3, 0.4) is 0 Å².